The SMILES string of the molecule is CNCCc1cccc(Oc2ccccc2)c1. The number of rotatable bonds is 5. The van der Waals surface area contributed by atoms with Crippen molar-refractivity contribution in [3.8, 4) is 11.5 Å². The smallest absolute Gasteiger partial charge is 0.127 e. The lowest BCUT2D eigenvalue weighted by molar-refractivity contribution is 0.482. The van der Waals surface area contributed by atoms with Crippen LogP contribution >= 0.6 is 0 Å². The van der Waals surface area contributed by atoms with E-state index in [2.05, 4.69) is 17.4 Å². The van der Waals surface area contributed by atoms with Crippen LogP contribution < -0.4 is 10.1 Å². The average Bonchev–Trinajstić information content (AvgIpc) is 2.38. The van der Waals surface area contributed by atoms with Gasteiger partial charge in [0.25, 0.3) is 0 Å². The number of nitrogens with one attached hydrogen (secondary N) is 1. The van der Waals surface area contributed by atoms with Gasteiger partial charge in [0, 0.05) is 0 Å². The van der Waals surface area contributed by atoms with E-state index in [4.69, 9.17) is 4.74 Å². The highest BCUT2D eigenvalue weighted by molar-refractivity contribution is 5.33. The minimum atomic E-state index is 0.873. The van der Waals surface area contributed by atoms with Gasteiger partial charge in [0.15, 0.2) is 0 Å². The lowest BCUT2D eigenvalue weighted by Crippen LogP contribution is -2.10. The summed E-state index contributed by atoms with van der Waals surface area (Å²) in [6.07, 6.45) is 1.02. The Labute approximate surface area is 102 Å². The Morgan fingerprint density at radius 1 is 0.941 bits per heavy atom. The van der Waals surface area contributed by atoms with Crippen molar-refractivity contribution < 1.29 is 4.74 Å². The molecule has 2 nitrogen and oxygen atoms in total. The third kappa shape index (κ3) is 3.61. The number of hydrogen-bond donors (Lipinski definition) is 1. The van der Waals surface area contributed by atoms with Gasteiger partial charge < -0.3 is 10.1 Å². The van der Waals surface area contributed by atoms with Gasteiger partial charge in [0.2, 0.25) is 0 Å². The van der Waals surface area contributed by atoms with Gasteiger partial charge in [-0.25, -0.2) is 0 Å². The maximum Gasteiger partial charge on any atom is 0.127 e. The summed E-state index contributed by atoms with van der Waals surface area (Å²) in [6, 6.07) is 18.1. The highest BCUT2D eigenvalue weighted by Crippen LogP contribution is 2.21. The Bertz CT molecular complexity index is 453. The minimum Gasteiger partial charge on any atom is -0.457 e. The standard InChI is InChI=1S/C15H17NO/c1-16-11-10-13-6-5-9-15(12-13)17-14-7-3-2-4-8-14/h2-9,12,16H,10-11H2,1H3. The monoisotopic (exact) mass is 227 g/mol. The predicted octanol–water partition coefficient (Wildman–Crippen LogP) is 3.24. The van der Waals surface area contributed by atoms with Crippen LogP contribution in [0.15, 0.2) is 54.6 Å². The molecule has 0 fully saturated rings. The van der Waals surface area contributed by atoms with Crippen LogP contribution in [-0.4, -0.2) is 13.6 Å². The molecule has 0 aliphatic heterocycles. The summed E-state index contributed by atoms with van der Waals surface area (Å²) >= 11 is 0. The molecule has 0 amide bonds. The van der Waals surface area contributed by atoms with E-state index >= 15 is 0 Å². The lowest BCUT2D eigenvalue weighted by Gasteiger charge is -2.07. The van der Waals surface area contributed by atoms with Crippen LogP contribution in [0.4, 0.5) is 0 Å². The van der Waals surface area contributed by atoms with Crippen LogP contribution in [0.5, 0.6) is 11.5 Å². The van der Waals surface area contributed by atoms with Crippen LogP contribution in [-0.2, 0) is 6.42 Å². The van der Waals surface area contributed by atoms with Gasteiger partial charge in [-0.05, 0) is 49.8 Å². The van der Waals surface area contributed by atoms with Crippen molar-refractivity contribution in [1.82, 2.24) is 5.32 Å². The van der Waals surface area contributed by atoms with Crippen LogP contribution in [0, 0.1) is 0 Å². The van der Waals surface area contributed by atoms with Gasteiger partial charge in [-0.1, -0.05) is 30.3 Å². The molecule has 88 valence electrons. The summed E-state index contributed by atoms with van der Waals surface area (Å²) in [5, 5.41) is 3.14. The molecule has 2 rings (SSSR count). The summed E-state index contributed by atoms with van der Waals surface area (Å²) in [7, 11) is 1.96. The maximum atomic E-state index is 5.78. The summed E-state index contributed by atoms with van der Waals surface area (Å²) in [5.74, 6) is 1.77. The van der Waals surface area contributed by atoms with Gasteiger partial charge in [-0.15, -0.1) is 0 Å². The Morgan fingerprint density at radius 2 is 1.71 bits per heavy atom. The molecule has 0 spiro atoms. The highest BCUT2D eigenvalue weighted by atomic mass is 16.5. The Balaban J connectivity index is 2.06. The zero-order chi connectivity index (χ0) is 11.9. The molecule has 0 saturated carbocycles. The highest BCUT2D eigenvalue weighted by Gasteiger charge is 1.98. The largest absolute Gasteiger partial charge is 0.457 e. The van der Waals surface area contributed by atoms with E-state index in [0.29, 0.717) is 0 Å². The molecule has 0 aliphatic carbocycles. The molecule has 0 saturated heterocycles. The van der Waals surface area contributed by atoms with Gasteiger partial charge in [0.1, 0.15) is 11.5 Å². The molecule has 0 unspecified atom stereocenters. The summed E-state index contributed by atoms with van der Waals surface area (Å²) < 4.78 is 5.78. The molecule has 0 radical (unpaired) electrons. The van der Waals surface area contributed by atoms with Crippen molar-refractivity contribution in [2.45, 2.75) is 6.42 Å². The first-order chi connectivity index (χ1) is 8.38. The molecule has 17 heavy (non-hydrogen) atoms. The first-order valence-corrected chi connectivity index (χ1v) is 5.85. The zero-order valence-electron chi connectivity index (χ0n) is 10.0. The fourth-order valence-corrected chi connectivity index (χ4v) is 1.66. The van der Waals surface area contributed by atoms with Crippen LogP contribution in [0.25, 0.3) is 0 Å². The summed E-state index contributed by atoms with van der Waals surface area (Å²) in [5.41, 5.74) is 1.28. The van der Waals surface area contributed by atoms with E-state index in [1.807, 2.05) is 49.5 Å². The number of ether oxygens (including phenoxy) is 1. The van der Waals surface area contributed by atoms with Crippen LogP contribution in [0.2, 0.25) is 0 Å². The van der Waals surface area contributed by atoms with E-state index in [9.17, 15) is 0 Å². The second-order valence-electron chi connectivity index (χ2n) is 3.92. The van der Waals surface area contributed by atoms with Gasteiger partial charge in [-0.3, -0.25) is 0 Å². The molecule has 0 heterocycles. The third-order valence-electron chi connectivity index (χ3n) is 2.54. The Morgan fingerprint density at radius 3 is 2.47 bits per heavy atom. The molecular formula is C15H17NO. The first kappa shape index (κ1) is 11.7. The zero-order valence-corrected chi connectivity index (χ0v) is 10.0. The van der Waals surface area contributed by atoms with Gasteiger partial charge >= 0.3 is 0 Å². The number of benzene rings is 2. The lowest BCUT2D eigenvalue weighted by atomic mass is 10.1. The Kier molecular flexibility index (Phi) is 4.17. The molecule has 0 aliphatic rings. The topological polar surface area (TPSA) is 21.3 Å². The van der Waals surface area contributed by atoms with E-state index in [0.717, 1.165) is 24.5 Å². The van der Waals surface area contributed by atoms with Crippen molar-refractivity contribution in [2.24, 2.45) is 0 Å². The van der Waals surface area contributed by atoms with E-state index in [1.165, 1.54) is 5.56 Å². The van der Waals surface area contributed by atoms with E-state index < -0.39 is 0 Å². The fraction of sp³-hybridized carbons (Fsp3) is 0.200. The molecule has 0 bridgehead atoms. The van der Waals surface area contributed by atoms with Gasteiger partial charge in [-0.2, -0.15) is 0 Å². The quantitative estimate of drug-likeness (QED) is 0.846. The van der Waals surface area contributed by atoms with E-state index in [1.54, 1.807) is 0 Å². The molecule has 2 heteroatoms. The molecule has 0 aromatic heterocycles. The van der Waals surface area contributed by atoms with Crippen molar-refractivity contribution in [2.75, 3.05) is 13.6 Å². The number of para-hydroxylation sites is 1. The van der Waals surface area contributed by atoms with E-state index in [-0.39, 0.29) is 0 Å². The summed E-state index contributed by atoms with van der Waals surface area (Å²) in [6.45, 7) is 0.981. The normalized spacial score (nSPS) is 10.2. The molecule has 1 N–H and O–H groups in total. The molecule has 0 atom stereocenters. The predicted molar refractivity (Wildman–Crippen MR) is 70.6 cm³/mol. The first-order valence-electron chi connectivity index (χ1n) is 5.85. The average molecular weight is 227 g/mol. The minimum absolute atomic E-state index is 0.873. The fourth-order valence-electron chi connectivity index (χ4n) is 1.66. The maximum absolute atomic E-state index is 5.78. The summed E-state index contributed by atoms with van der Waals surface area (Å²) in [4.78, 5) is 0. The van der Waals surface area contributed by atoms with Gasteiger partial charge in [0.05, 0.1) is 0 Å². The van der Waals surface area contributed by atoms with Crippen LogP contribution in [0.3, 0.4) is 0 Å². The molecule has 2 aromatic rings. The van der Waals surface area contributed by atoms with Crippen molar-refractivity contribution in [3.63, 3.8) is 0 Å². The molecule has 2 aromatic carbocycles. The molecular weight excluding hydrogens is 210 g/mol. The Hall–Kier alpha value is -1.80. The van der Waals surface area contributed by atoms with Crippen molar-refractivity contribution >= 4 is 0 Å². The van der Waals surface area contributed by atoms with Crippen LogP contribution in [0.1, 0.15) is 5.56 Å². The number of likely N-dealkylation sites (N-methyl/N-ethyl adjacent to an activating group) is 1. The van der Waals surface area contributed by atoms with Crippen molar-refractivity contribution in [3.05, 3.63) is 60.2 Å². The number of hydrogen-bond acceptors (Lipinski definition) is 2. The van der Waals surface area contributed by atoms with Crippen molar-refractivity contribution in [1.29, 1.82) is 0 Å². The second kappa shape index (κ2) is 6.06. The second-order valence-corrected chi connectivity index (χ2v) is 3.92. The third-order valence-corrected chi connectivity index (χ3v) is 2.54.